The smallest absolute Gasteiger partial charge is 0.323 e. The van der Waals surface area contributed by atoms with E-state index in [1.165, 1.54) is 7.05 Å². The van der Waals surface area contributed by atoms with Crippen molar-refractivity contribution < 1.29 is 19.5 Å². The van der Waals surface area contributed by atoms with Crippen LogP contribution in [-0.2, 0) is 27.2 Å². The Kier molecular flexibility index (Phi) is 7.71. The van der Waals surface area contributed by atoms with Gasteiger partial charge in [-0.3, -0.25) is 14.4 Å². The van der Waals surface area contributed by atoms with Gasteiger partial charge in [0.15, 0.2) is 0 Å². The van der Waals surface area contributed by atoms with Crippen LogP contribution in [0.1, 0.15) is 11.1 Å². The van der Waals surface area contributed by atoms with E-state index < -0.39 is 36.4 Å². The molecule has 0 saturated heterocycles. The molecule has 7 nitrogen and oxygen atoms in total. The predicted molar refractivity (Wildman–Crippen MR) is 105 cm³/mol. The zero-order valence-corrected chi connectivity index (χ0v) is 15.7. The summed E-state index contributed by atoms with van der Waals surface area (Å²) in [5, 5.41) is 11.6. The SMILES string of the molecule is CN(CC(=O)O)C(=O)[C@H](Cc1ccccc1)NC(=O)[C@@H](N)Cc1ccccc1. The van der Waals surface area contributed by atoms with Crippen LogP contribution in [0.3, 0.4) is 0 Å². The van der Waals surface area contributed by atoms with Crippen molar-refractivity contribution in [3.63, 3.8) is 0 Å². The third kappa shape index (κ3) is 6.51. The standard InChI is InChI=1S/C21H25N3O4/c1-24(14-19(25)26)21(28)18(13-16-10-6-3-7-11-16)23-20(27)17(22)12-15-8-4-2-5-9-15/h2-11,17-18H,12-14,22H2,1H3,(H,23,27)(H,25,26)/t17-,18-/m0/s1. The van der Waals surface area contributed by atoms with E-state index in [0.29, 0.717) is 6.42 Å². The topological polar surface area (TPSA) is 113 Å². The first-order chi connectivity index (χ1) is 13.4. The average molecular weight is 383 g/mol. The van der Waals surface area contributed by atoms with Crippen molar-refractivity contribution in [2.24, 2.45) is 5.73 Å². The highest BCUT2D eigenvalue weighted by molar-refractivity contribution is 5.91. The monoisotopic (exact) mass is 383 g/mol. The fourth-order valence-electron chi connectivity index (χ4n) is 2.84. The summed E-state index contributed by atoms with van der Waals surface area (Å²) in [5.74, 6) is -2.06. The van der Waals surface area contributed by atoms with E-state index in [0.717, 1.165) is 16.0 Å². The molecule has 2 aromatic carbocycles. The Labute approximate surface area is 164 Å². The number of amides is 2. The molecule has 0 aliphatic carbocycles. The Bertz CT molecular complexity index is 796. The Hall–Kier alpha value is -3.19. The number of nitrogens with one attached hydrogen (secondary N) is 1. The quantitative estimate of drug-likeness (QED) is 0.594. The minimum absolute atomic E-state index is 0.243. The number of benzene rings is 2. The number of likely N-dealkylation sites (N-methyl/N-ethyl adjacent to an activating group) is 1. The normalized spacial score (nSPS) is 12.6. The fraction of sp³-hybridized carbons (Fsp3) is 0.286. The second-order valence-electron chi connectivity index (χ2n) is 6.64. The lowest BCUT2D eigenvalue weighted by atomic mass is 10.0. The zero-order valence-electron chi connectivity index (χ0n) is 15.7. The van der Waals surface area contributed by atoms with E-state index in [1.54, 1.807) is 0 Å². The molecule has 0 heterocycles. The van der Waals surface area contributed by atoms with E-state index in [2.05, 4.69) is 5.32 Å². The number of carboxylic acid groups (broad SMARTS) is 1. The van der Waals surface area contributed by atoms with Crippen LogP contribution in [-0.4, -0.2) is 53.5 Å². The molecule has 2 aromatic rings. The number of carbonyl (C=O) groups is 3. The molecular weight excluding hydrogens is 358 g/mol. The molecule has 0 aliphatic rings. The number of aliphatic carboxylic acids is 1. The van der Waals surface area contributed by atoms with E-state index in [-0.39, 0.29) is 6.42 Å². The lowest BCUT2D eigenvalue weighted by Crippen LogP contribution is -2.53. The van der Waals surface area contributed by atoms with Gasteiger partial charge in [-0.25, -0.2) is 0 Å². The molecule has 2 atom stereocenters. The molecule has 2 amide bonds. The molecule has 7 heteroatoms. The maximum absolute atomic E-state index is 12.7. The number of nitrogens with two attached hydrogens (primary N) is 1. The van der Waals surface area contributed by atoms with Gasteiger partial charge in [-0.2, -0.15) is 0 Å². The number of hydrogen-bond donors (Lipinski definition) is 3. The molecule has 0 aliphatic heterocycles. The molecule has 4 N–H and O–H groups in total. The van der Waals surface area contributed by atoms with Gasteiger partial charge in [-0.1, -0.05) is 60.7 Å². The number of nitrogens with zero attached hydrogens (tertiary/aromatic N) is 1. The Morgan fingerprint density at radius 2 is 1.46 bits per heavy atom. The maximum atomic E-state index is 12.7. The molecule has 0 unspecified atom stereocenters. The van der Waals surface area contributed by atoms with Crippen molar-refractivity contribution in [1.29, 1.82) is 0 Å². The van der Waals surface area contributed by atoms with Crippen LogP contribution >= 0.6 is 0 Å². The molecule has 0 aromatic heterocycles. The Balaban J connectivity index is 2.10. The summed E-state index contributed by atoms with van der Waals surface area (Å²) in [6, 6.07) is 16.8. The zero-order chi connectivity index (χ0) is 20.5. The van der Waals surface area contributed by atoms with Gasteiger partial charge in [0.05, 0.1) is 6.04 Å². The largest absolute Gasteiger partial charge is 0.480 e. The molecule has 0 fully saturated rings. The third-order valence-electron chi connectivity index (χ3n) is 4.28. The van der Waals surface area contributed by atoms with Crippen LogP contribution in [0.15, 0.2) is 60.7 Å². The van der Waals surface area contributed by atoms with Crippen molar-refractivity contribution in [3.8, 4) is 0 Å². The van der Waals surface area contributed by atoms with Gasteiger partial charge < -0.3 is 21.1 Å². The van der Waals surface area contributed by atoms with Crippen molar-refractivity contribution in [2.45, 2.75) is 24.9 Å². The van der Waals surface area contributed by atoms with Crippen LogP contribution in [0, 0.1) is 0 Å². The second-order valence-corrected chi connectivity index (χ2v) is 6.64. The van der Waals surface area contributed by atoms with Crippen LogP contribution in [0.4, 0.5) is 0 Å². The molecule has 148 valence electrons. The summed E-state index contributed by atoms with van der Waals surface area (Å²) in [6.07, 6.45) is 0.581. The van der Waals surface area contributed by atoms with Crippen molar-refractivity contribution in [2.75, 3.05) is 13.6 Å². The summed E-state index contributed by atoms with van der Waals surface area (Å²) in [5.41, 5.74) is 7.78. The highest BCUT2D eigenvalue weighted by Gasteiger charge is 2.27. The predicted octanol–water partition coefficient (Wildman–Crippen LogP) is 0.827. The van der Waals surface area contributed by atoms with Gasteiger partial charge in [0, 0.05) is 13.5 Å². The number of carbonyl (C=O) groups excluding carboxylic acids is 2. The third-order valence-corrected chi connectivity index (χ3v) is 4.28. The minimum atomic E-state index is -1.12. The van der Waals surface area contributed by atoms with Crippen LogP contribution in [0.5, 0.6) is 0 Å². The average Bonchev–Trinajstić information content (AvgIpc) is 2.67. The van der Waals surface area contributed by atoms with E-state index in [9.17, 15) is 14.4 Å². The van der Waals surface area contributed by atoms with Gasteiger partial charge >= 0.3 is 5.97 Å². The number of rotatable bonds is 9. The number of hydrogen-bond acceptors (Lipinski definition) is 4. The Morgan fingerprint density at radius 3 is 1.96 bits per heavy atom. The van der Waals surface area contributed by atoms with Gasteiger partial charge in [-0.15, -0.1) is 0 Å². The van der Waals surface area contributed by atoms with E-state index in [4.69, 9.17) is 10.8 Å². The molecule has 0 spiro atoms. The summed E-state index contributed by atoms with van der Waals surface area (Å²) in [7, 11) is 1.39. The van der Waals surface area contributed by atoms with Crippen molar-refractivity contribution in [1.82, 2.24) is 10.2 Å². The van der Waals surface area contributed by atoms with Crippen LogP contribution in [0.2, 0.25) is 0 Å². The lowest BCUT2D eigenvalue weighted by molar-refractivity contribution is -0.144. The first-order valence-electron chi connectivity index (χ1n) is 8.97. The van der Waals surface area contributed by atoms with Gasteiger partial charge in [-0.05, 0) is 17.5 Å². The summed E-state index contributed by atoms with van der Waals surface area (Å²) in [6.45, 7) is -0.448. The van der Waals surface area contributed by atoms with Crippen molar-refractivity contribution in [3.05, 3.63) is 71.8 Å². The van der Waals surface area contributed by atoms with Crippen molar-refractivity contribution >= 4 is 17.8 Å². The summed E-state index contributed by atoms with van der Waals surface area (Å²) >= 11 is 0. The first-order valence-corrected chi connectivity index (χ1v) is 8.97. The Morgan fingerprint density at radius 1 is 0.964 bits per heavy atom. The number of carboxylic acids is 1. The van der Waals surface area contributed by atoms with Gasteiger partial charge in [0.1, 0.15) is 12.6 Å². The van der Waals surface area contributed by atoms with Crippen LogP contribution < -0.4 is 11.1 Å². The lowest BCUT2D eigenvalue weighted by Gasteiger charge is -2.25. The van der Waals surface area contributed by atoms with Gasteiger partial charge in [0.25, 0.3) is 0 Å². The second kappa shape index (κ2) is 10.2. The highest BCUT2D eigenvalue weighted by Crippen LogP contribution is 2.07. The van der Waals surface area contributed by atoms with Crippen LogP contribution in [0.25, 0.3) is 0 Å². The summed E-state index contributed by atoms with van der Waals surface area (Å²) < 4.78 is 0. The first kappa shape index (κ1) is 21.1. The van der Waals surface area contributed by atoms with E-state index >= 15 is 0 Å². The molecule has 28 heavy (non-hydrogen) atoms. The molecule has 2 rings (SSSR count). The minimum Gasteiger partial charge on any atom is -0.480 e. The maximum Gasteiger partial charge on any atom is 0.323 e. The fourth-order valence-corrected chi connectivity index (χ4v) is 2.84. The molecule has 0 radical (unpaired) electrons. The molecule has 0 bridgehead atoms. The molecular formula is C21H25N3O4. The molecule has 0 saturated carbocycles. The van der Waals surface area contributed by atoms with E-state index in [1.807, 2.05) is 60.7 Å². The van der Waals surface area contributed by atoms with Gasteiger partial charge in [0.2, 0.25) is 11.8 Å². The summed E-state index contributed by atoms with van der Waals surface area (Å²) in [4.78, 5) is 37.3. The highest BCUT2D eigenvalue weighted by atomic mass is 16.4.